The molecule has 6 heteroatoms. The number of rotatable bonds is 4. The lowest BCUT2D eigenvalue weighted by atomic mass is 10.0. The molecule has 3 rings (SSSR count). The Balaban J connectivity index is 1.53. The average Bonchev–Trinajstić information content (AvgIpc) is 3.24. The number of hydrogen-bond donors (Lipinski definition) is 1. The predicted octanol–water partition coefficient (Wildman–Crippen LogP) is 3.25. The van der Waals surface area contributed by atoms with Gasteiger partial charge in [-0.05, 0) is 43.9 Å². The molecule has 3 heterocycles. The van der Waals surface area contributed by atoms with Crippen LogP contribution in [0.2, 0.25) is 0 Å². The van der Waals surface area contributed by atoms with Crippen molar-refractivity contribution in [2.75, 3.05) is 13.1 Å². The summed E-state index contributed by atoms with van der Waals surface area (Å²) in [6.45, 7) is 5.45. The maximum absolute atomic E-state index is 12.4. The van der Waals surface area contributed by atoms with Gasteiger partial charge in [0.2, 0.25) is 0 Å². The highest BCUT2D eigenvalue weighted by atomic mass is 32.1. The second kappa shape index (κ2) is 7.21. The van der Waals surface area contributed by atoms with E-state index in [9.17, 15) is 9.59 Å². The molecular weight excluding hydrogens is 324 g/mol. The lowest BCUT2D eigenvalue weighted by molar-refractivity contribution is 0.0697. The number of carbonyl (C=O) groups is 2. The van der Waals surface area contributed by atoms with Crippen LogP contribution in [-0.2, 0) is 6.42 Å². The van der Waals surface area contributed by atoms with Crippen LogP contribution in [0.3, 0.4) is 0 Å². The molecule has 0 saturated carbocycles. The molecule has 0 radical (unpaired) electrons. The first-order valence-electron chi connectivity index (χ1n) is 8.30. The fourth-order valence-electron chi connectivity index (χ4n) is 3.03. The minimum Gasteiger partial charge on any atom is -0.472 e. The topological polar surface area (TPSA) is 62.6 Å². The molecule has 2 aromatic rings. The van der Waals surface area contributed by atoms with Gasteiger partial charge in [0.15, 0.2) is 0 Å². The summed E-state index contributed by atoms with van der Waals surface area (Å²) < 4.78 is 4.97. The van der Waals surface area contributed by atoms with Crippen molar-refractivity contribution in [1.82, 2.24) is 10.2 Å². The first-order valence-corrected chi connectivity index (χ1v) is 9.11. The summed E-state index contributed by atoms with van der Waals surface area (Å²) >= 11 is 1.57. The maximum Gasteiger partial charge on any atom is 0.261 e. The van der Waals surface area contributed by atoms with Crippen molar-refractivity contribution in [3.63, 3.8) is 0 Å². The Morgan fingerprint density at radius 1 is 1.38 bits per heavy atom. The summed E-state index contributed by atoms with van der Waals surface area (Å²) in [7, 11) is 0. The van der Waals surface area contributed by atoms with E-state index in [0.29, 0.717) is 18.7 Å². The van der Waals surface area contributed by atoms with Crippen molar-refractivity contribution in [2.45, 2.75) is 39.2 Å². The van der Waals surface area contributed by atoms with Gasteiger partial charge in [0.25, 0.3) is 11.8 Å². The van der Waals surface area contributed by atoms with Gasteiger partial charge in [-0.25, -0.2) is 0 Å². The third-order valence-corrected chi connectivity index (χ3v) is 5.83. The molecule has 1 N–H and O–H groups in total. The molecule has 128 valence electrons. The molecule has 1 aliphatic rings. The van der Waals surface area contributed by atoms with E-state index < -0.39 is 0 Å². The monoisotopic (exact) mass is 346 g/mol. The number of nitrogens with zero attached hydrogens (tertiary/aromatic N) is 1. The smallest absolute Gasteiger partial charge is 0.261 e. The van der Waals surface area contributed by atoms with Gasteiger partial charge in [-0.3, -0.25) is 9.59 Å². The second-order valence-corrected chi connectivity index (χ2v) is 7.26. The molecular formula is C18H22N2O3S. The largest absolute Gasteiger partial charge is 0.472 e. The minimum atomic E-state index is -0.00463. The van der Waals surface area contributed by atoms with E-state index in [2.05, 4.69) is 12.2 Å². The number of likely N-dealkylation sites (tertiary alicyclic amines) is 1. The molecule has 1 saturated heterocycles. The molecule has 2 aromatic heterocycles. The van der Waals surface area contributed by atoms with Crippen LogP contribution in [-0.4, -0.2) is 35.8 Å². The maximum atomic E-state index is 12.4. The van der Waals surface area contributed by atoms with Crippen molar-refractivity contribution < 1.29 is 14.0 Å². The number of aryl methyl sites for hydroxylation is 2. The Bertz CT molecular complexity index is 713. The van der Waals surface area contributed by atoms with Crippen LogP contribution in [0.1, 0.15) is 50.2 Å². The Morgan fingerprint density at radius 3 is 2.71 bits per heavy atom. The second-order valence-electron chi connectivity index (χ2n) is 6.12. The Morgan fingerprint density at radius 2 is 2.12 bits per heavy atom. The van der Waals surface area contributed by atoms with Gasteiger partial charge >= 0.3 is 0 Å². The molecule has 0 aromatic carbocycles. The molecule has 2 amide bonds. The first kappa shape index (κ1) is 16.8. The summed E-state index contributed by atoms with van der Waals surface area (Å²) in [6.07, 6.45) is 5.49. The van der Waals surface area contributed by atoms with Crippen molar-refractivity contribution >= 4 is 23.2 Å². The van der Waals surface area contributed by atoms with Crippen LogP contribution >= 0.6 is 11.3 Å². The summed E-state index contributed by atoms with van der Waals surface area (Å²) in [4.78, 5) is 28.5. The van der Waals surface area contributed by atoms with Crippen LogP contribution in [0.15, 0.2) is 29.1 Å². The van der Waals surface area contributed by atoms with Crippen molar-refractivity contribution in [2.24, 2.45) is 0 Å². The molecule has 1 fully saturated rings. The predicted molar refractivity (Wildman–Crippen MR) is 93.5 cm³/mol. The minimum absolute atomic E-state index is 0.00223. The van der Waals surface area contributed by atoms with Gasteiger partial charge in [-0.1, -0.05) is 6.92 Å². The van der Waals surface area contributed by atoms with Crippen LogP contribution in [0.4, 0.5) is 0 Å². The van der Waals surface area contributed by atoms with Crippen LogP contribution in [0, 0.1) is 6.92 Å². The summed E-state index contributed by atoms with van der Waals surface area (Å²) in [5.74, 6) is -0.00240. The molecule has 24 heavy (non-hydrogen) atoms. The van der Waals surface area contributed by atoms with E-state index in [1.165, 1.54) is 23.0 Å². The lowest BCUT2D eigenvalue weighted by Gasteiger charge is -2.32. The van der Waals surface area contributed by atoms with Crippen molar-refractivity contribution in [1.29, 1.82) is 0 Å². The normalized spacial score (nSPS) is 15.5. The lowest BCUT2D eigenvalue weighted by Crippen LogP contribution is -2.46. The van der Waals surface area contributed by atoms with Crippen LogP contribution in [0.5, 0.6) is 0 Å². The zero-order chi connectivity index (χ0) is 17.1. The number of amides is 2. The van der Waals surface area contributed by atoms with Gasteiger partial charge in [-0.2, -0.15) is 0 Å². The summed E-state index contributed by atoms with van der Waals surface area (Å²) in [5, 5.41) is 3.11. The zero-order valence-corrected chi connectivity index (χ0v) is 14.8. The van der Waals surface area contributed by atoms with Crippen molar-refractivity contribution in [3.8, 4) is 0 Å². The standard InChI is InChI=1S/C18H22N2O3S/c1-3-15-12(2)10-16(24-15)17(21)19-14-4-7-20(8-5-14)18(22)13-6-9-23-11-13/h6,9-11,14H,3-5,7-8H2,1-2H3,(H,19,21). The van der Waals surface area contributed by atoms with Gasteiger partial charge < -0.3 is 14.6 Å². The fraction of sp³-hybridized carbons (Fsp3) is 0.444. The van der Waals surface area contributed by atoms with Gasteiger partial charge in [0, 0.05) is 24.0 Å². The summed E-state index contributed by atoms with van der Waals surface area (Å²) in [5.41, 5.74) is 1.77. The number of hydrogen-bond acceptors (Lipinski definition) is 4. The number of piperidine rings is 1. The zero-order valence-electron chi connectivity index (χ0n) is 14.0. The van der Waals surface area contributed by atoms with E-state index in [4.69, 9.17) is 4.42 Å². The number of nitrogens with one attached hydrogen (secondary N) is 1. The van der Waals surface area contributed by atoms with E-state index in [-0.39, 0.29) is 17.9 Å². The molecule has 5 nitrogen and oxygen atoms in total. The quantitative estimate of drug-likeness (QED) is 0.924. The van der Waals surface area contributed by atoms with E-state index >= 15 is 0 Å². The fourth-order valence-corrected chi connectivity index (χ4v) is 4.05. The molecule has 1 aliphatic heterocycles. The number of thiophene rings is 1. The van der Waals surface area contributed by atoms with Gasteiger partial charge in [-0.15, -0.1) is 11.3 Å². The molecule has 0 bridgehead atoms. The van der Waals surface area contributed by atoms with Gasteiger partial charge in [0.05, 0.1) is 16.7 Å². The highest BCUT2D eigenvalue weighted by Gasteiger charge is 2.25. The third kappa shape index (κ3) is 3.53. The van der Waals surface area contributed by atoms with E-state index in [1.54, 1.807) is 17.4 Å². The van der Waals surface area contributed by atoms with E-state index in [0.717, 1.165) is 24.1 Å². The molecule has 0 aliphatic carbocycles. The highest BCUT2D eigenvalue weighted by Crippen LogP contribution is 2.23. The number of carbonyl (C=O) groups excluding carboxylic acids is 2. The average molecular weight is 346 g/mol. The van der Waals surface area contributed by atoms with Crippen LogP contribution in [0.25, 0.3) is 0 Å². The Hall–Kier alpha value is -2.08. The molecule has 0 atom stereocenters. The highest BCUT2D eigenvalue weighted by molar-refractivity contribution is 7.14. The third-order valence-electron chi connectivity index (χ3n) is 4.45. The SMILES string of the molecule is CCc1sc(C(=O)NC2CCN(C(=O)c3ccoc3)CC2)cc1C. The van der Waals surface area contributed by atoms with Gasteiger partial charge in [0.1, 0.15) is 6.26 Å². The molecule has 0 spiro atoms. The van der Waals surface area contributed by atoms with Crippen LogP contribution < -0.4 is 5.32 Å². The van der Waals surface area contributed by atoms with Crippen molar-refractivity contribution in [3.05, 3.63) is 45.5 Å². The van der Waals surface area contributed by atoms with E-state index in [1.807, 2.05) is 17.9 Å². The Kier molecular flexibility index (Phi) is 5.04. The first-order chi connectivity index (χ1) is 11.6. The molecule has 0 unspecified atom stereocenters. The number of furan rings is 1. The summed E-state index contributed by atoms with van der Waals surface area (Å²) in [6, 6.07) is 3.77. The Labute approximate surface area is 145 Å².